The molecular weight excluding hydrogens is 362 g/mol. The van der Waals surface area contributed by atoms with Crippen molar-refractivity contribution in [1.29, 1.82) is 0 Å². The molecule has 2 aromatic carbocycles. The summed E-state index contributed by atoms with van der Waals surface area (Å²) in [7, 11) is 0. The van der Waals surface area contributed by atoms with E-state index in [9.17, 15) is 4.79 Å². The largest absolute Gasteiger partial charge is 0.494 e. The first-order valence-electron chi connectivity index (χ1n) is 10.7. The predicted octanol–water partition coefficient (Wildman–Crippen LogP) is 4.07. The topological polar surface area (TPSA) is 62.4 Å². The maximum Gasteiger partial charge on any atom is 0.226 e. The summed E-state index contributed by atoms with van der Waals surface area (Å²) >= 11 is 0. The van der Waals surface area contributed by atoms with Gasteiger partial charge in [0, 0.05) is 13.1 Å². The third-order valence-electron chi connectivity index (χ3n) is 5.44. The van der Waals surface area contributed by atoms with Crippen molar-refractivity contribution in [3.05, 3.63) is 65.2 Å². The van der Waals surface area contributed by atoms with Crippen LogP contribution in [-0.4, -0.2) is 19.1 Å². The Labute approximate surface area is 174 Å². The highest BCUT2D eigenvalue weighted by Gasteiger charge is 2.33. The second kappa shape index (κ2) is 10.4. The molecule has 0 bridgehead atoms. The molecule has 5 heteroatoms. The van der Waals surface area contributed by atoms with Gasteiger partial charge < -0.3 is 10.1 Å². The normalized spacial score (nSPS) is 18.8. The van der Waals surface area contributed by atoms with Gasteiger partial charge in [-0.1, -0.05) is 63.6 Å². The summed E-state index contributed by atoms with van der Waals surface area (Å²) in [5.41, 5.74) is 9.89. The number of carbonyl (C=O) groups excluding carboxylic acids is 1. The molecule has 5 nitrogen and oxygen atoms in total. The van der Waals surface area contributed by atoms with Crippen LogP contribution in [0.4, 0.5) is 0 Å². The van der Waals surface area contributed by atoms with Gasteiger partial charge >= 0.3 is 0 Å². The maximum absolute atomic E-state index is 12.8. The minimum Gasteiger partial charge on any atom is -0.494 e. The first-order valence-corrected chi connectivity index (χ1v) is 10.7. The lowest BCUT2D eigenvalue weighted by molar-refractivity contribution is -0.125. The molecule has 0 saturated carbocycles. The summed E-state index contributed by atoms with van der Waals surface area (Å²) in [6.45, 7) is 8.41. The number of ether oxygens (including phenoxy) is 1. The number of nitrogens with one attached hydrogen (secondary N) is 3. The van der Waals surface area contributed by atoms with Gasteiger partial charge in [-0.05, 0) is 41.2 Å². The molecule has 1 amide bonds. The molecule has 1 saturated heterocycles. The van der Waals surface area contributed by atoms with Crippen LogP contribution in [-0.2, 0) is 11.3 Å². The fourth-order valence-corrected chi connectivity index (χ4v) is 3.50. The van der Waals surface area contributed by atoms with Crippen molar-refractivity contribution in [1.82, 2.24) is 16.2 Å². The van der Waals surface area contributed by atoms with Gasteiger partial charge in [0.25, 0.3) is 0 Å². The third-order valence-corrected chi connectivity index (χ3v) is 5.44. The summed E-state index contributed by atoms with van der Waals surface area (Å²) in [6.07, 6.45) is 2.17. The Morgan fingerprint density at radius 3 is 2.52 bits per heavy atom. The molecule has 156 valence electrons. The molecule has 29 heavy (non-hydrogen) atoms. The minimum atomic E-state index is -0.156. The maximum atomic E-state index is 12.8. The minimum absolute atomic E-state index is 0.0528. The fraction of sp³-hybridized carbons (Fsp3) is 0.458. The fourth-order valence-electron chi connectivity index (χ4n) is 3.50. The molecule has 1 fully saturated rings. The number of benzene rings is 2. The van der Waals surface area contributed by atoms with Gasteiger partial charge in [0.05, 0.1) is 18.6 Å². The number of hydrogen-bond donors (Lipinski definition) is 3. The van der Waals surface area contributed by atoms with Crippen LogP contribution in [0.5, 0.6) is 5.75 Å². The number of hydrazine groups is 1. The summed E-state index contributed by atoms with van der Waals surface area (Å²) in [6, 6.07) is 16.4. The van der Waals surface area contributed by atoms with E-state index >= 15 is 0 Å². The SMILES string of the molecule is CCCCOc1ccc(C2NNCC2C(=O)NCc2ccc(C(C)C)cc2)cc1. The van der Waals surface area contributed by atoms with Crippen LogP contribution >= 0.6 is 0 Å². The summed E-state index contributed by atoms with van der Waals surface area (Å²) in [4.78, 5) is 12.8. The molecule has 0 aliphatic carbocycles. The summed E-state index contributed by atoms with van der Waals surface area (Å²) < 4.78 is 5.73. The van der Waals surface area contributed by atoms with Crippen LogP contribution in [0.1, 0.15) is 62.3 Å². The predicted molar refractivity (Wildman–Crippen MR) is 117 cm³/mol. The van der Waals surface area contributed by atoms with E-state index in [1.165, 1.54) is 5.56 Å². The number of amides is 1. The first kappa shape index (κ1) is 21.3. The lowest BCUT2D eigenvalue weighted by Gasteiger charge is -2.19. The Balaban J connectivity index is 1.56. The molecule has 0 aromatic heterocycles. The highest BCUT2D eigenvalue weighted by Crippen LogP contribution is 2.27. The molecule has 2 unspecified atom stereocenters. The van der Waals surface area contributed by atoms with Crippen molar-refractivity contribution < 1.29 is 9.53 Å². The Morgan fingerprint density at radius 1 is 1.14 bits per heavy atom. The number of hydrogen-bond acceptors (Lipinski definition) is 4. The average molecular weight is 396 g/mol. The quantitative estimate of drug-likeness (QED) is 0.560. The smallest absolute Gasteiger partial charge is 0.226 e. The van der Waals surface area contributed by atoms with Crippen molar-refractivity contribution in [2.24, 2.45) is 5.92 Å². The van der Waals surface area contributed by atoms with E-state index in [1.807, 2.05) is 24.3 Å². The molecule has 2 atom stereocenters. The number of unbranched alkanes of at least 4 members (excludes halogenated alkanes) is 1. The van der Waals surface area contributed by atoms with E-state index in [4.69, 9.17) is 4.74 Å². The van der Waals surface area contributed by atoms with Crippen LogP contribution in [0.3, 0.4) is 0 Å². The van der Waals surface area contributed by atoms with Crippen molar-refractivity contribution in [2.75, 3.05) is 13.2 Å². The molecule has 0 radical (unpaired) electrons. The molecule has 1 aliphatic heterocycles. The van der Waals surface area contributed by atoms with Gasteiger partial charge in [-0.2, -0.15) is 0 Å². The van der Waals surface area contributed by atoms with Crippen molar-refractivity contribution >= 4 is 5.91 Å². The third kappa shape index (κ3) is 5.81. The molecular formula is C24H33N3O2. The first-order chi connectivity index (χ1) is 14.1. The van der Waals surface area contributed by atoms with E-state index in [0.717, 1.165) is 36.3 Å². The van der Waals surface area contributed by atoms with Crippen molar-refractivity contribution in [2.45, 2.75) is 52.1 Å². The van der Waals surface area contributed by atoms with Gasteiger partial charge in [0.2, 0.25) is 5.91 Å². The van der Waals surface area contributed by atoms with E-state index in [0.29, 0.717) is 19.0 Å². The Morgan fingerprint density at radius 2 is 1.86 bits per heavy atom. The summed E-state index contributed by atoms with van der Waals surface area (Å²) in [5, 5.41) is 3.09. The van der Waals surface area contributed by atoms with Crippen LogP contribution in [0.15, 0.2) is 48.5 Å². The standard InChI is InChI=1S/C24H33N3O2/c1-4-5-14-29-21-12-10-20(11-13-21)23-22(16-26-27-23)24(28)25-15-18-6-8-19(9-7-18)17(2)3/h6-13,17,22-23,26-27H,4-5,14-16H2,1-3H3,(H,25,28). The molecule has 3 rings (SSSR count). The second-order valence-corrected chi connectivity index (χ2v) is 7.99. The van der Waals surface area contributed by atoms with Crippen LogP contribution < -0.4 is 20.9 Å². The molecule has 1 aliphatic rings. The van der Waals surface area contributed by atoms with E-state index < -0.39 is 0 Å². The van der Waals surface area contributed by atoms with Crippen molar-refractivity contribution in [3.63, 3.8) is 0 Å². The van der Waals surface area contributed by atoms with Crippen LogP contribution in [0.25, 0.3) is 0 Å². The lowest BCUT2D eigenvalue weighted by Crippen LogP contribution is -2.34. The molecule has 1 heterocycles. The van der Waals surface area contributed by atoms with Gasteiger partial charge in [-0.15, -0.1) is 0 Å². The Kier molecular flexibility index (Phi) is 7.67. The van der Waals surface area contributed by atoms with E-state index in [2.05, 4.69) is 61.2 Å². The van der Waals surface area contributed by atoms with E-state index in [-0.39, 0.29) is 17.9 Å². The van der Waals surface area contributed by atoms with Gasteiger partial charge in [0.1, 0.15) is 5.75 Å². The highest BCUT2D eigenvalue weighted by atomic mass is 16.5. The Bertz CT molecular complexity index is 772. The van der Waals surface area contributed by atoms with Crippen LogP contribution in [0.2, 0.25) is 0 Å². The average Bonchev–Trinajstić information content (AvgIpc) is 3.23. The Hall–Kier alpha value is -2.37. The van der Waals surface area contributed by atoms with Gasteiger partial charge in [-0.25, -0.2) is 5.43 Å². The molecule has 2 aromatic rings. The molecule has 3 N–H and O–H groups in total. The zero-order valence-corrected chi connectivity index (χ0v) is 17.7. The zero-order valence-electron chi connectivity index (χ0n) is 17.7. The zero-order chi connectivity index (χ0) is 20.6. The second-order valence-electron chi connectivity index (χ2n) is 7.99. The highest BCUT2D eigenvalue weighted by molar-refractivity contribution is 5.80. The number of rotatable bonds is 9. The molecule has 0 spiro atoms. The number of carbonyl (C=O) groups is 1. The summed E-state index contributed by atoms with van der Waals surface area (Å²) in [5.74, 6) is 1.29. The monoisotopic (exact) mass is 395 g/mol. The van der Waals surface area contributed by atoms with Gasteiger partial charge in [0.15, 0.2) is 0 Å². The van der Waals surface area contributed by atoms with Crippen molar-refractivity contribution in [3.8, 4) is 5.75 Å². The lowest BCUT2D eigenvalue weighted by atomic mass is 9.94. The van der Waals surface area contributed by atoms with Gasteiger partial charge in [-0.3, -0.25) is 10.2 Å². The van der Waals surface area contributed by atoms with E-state index in [1.54, 1.807) is 0 Å². The van der Waals surface area contributed by atoms with Crippen LogP contribution in [0, 0.1) is 5.92 Å².